The van der Waals surface area contributed by atoms with Gasteiger partial charge in [-0.3, -0.25) is 4.79 Å². The van der Waals surface area contributed by atoms with Gasteiger partial charge in [-0.25, -0.2) is 0 Å². The molecule has 1 aromatic carbocycles. The molecule has 4 heteroatoms. The summed E-state index contributed by atoms with van der Waals surface area (Å²) in [4.78, 5) is 15.4. The summed E-state index contributed by atoms with van der Waals surface area (Å²) in [5.41, 5.74) is 1.63. The maximum absolute atomic E-state index is 12.8. The zero-order chi connectivity index (χ0) is 13.6. The molecule has 1 aromatic rings. The molecule has 2 nitrogen and oxygen atoms in total. The van der Waals surface area contributed by atoms with Gasteiger partial charge in [0, 0.05) is 16.9 Å². The normalized spacial score (nSPS) is 29.6. The molecule has 0 aliphatic carbocycles. The van der Waals surface area contributed by atoms with Crippen molar-refractivity contribution < 1.29 is 4.79 Å². The summed E-state index contributed by atoms with van der Waals surface area (Å²) in [7, 11) is 0. The SMILES string of the molecule is Cc1cccc(C(=O)N2C3CCC2CC(Br)C3)c1Cl. The number of carbonyl (C=O) groups is 1. The Hall–Kier alpha value is -0.540. The van der Waals surface area contributed by atoms with Crippen molar-refractivity contribution in [1.82, 2.24) is 4.90 Å². The van der Waals surface area contributed by atoms with Gasteiger partial charge in [-0.05, 0) is 44.2 Å². The zero-order valence-electron chi connectivity index (χ0n) is 10.9. The maximum Gasteiger partial charge on any atom is 0.255 e. The smallest absolute Gasteiger partial charge is 0.255 e. The number of aryl methyl sites for hydroxylation is 1. The molecule has 2 aliphatic heterocycles. The molecule has 2 aliphatic rings. The van der Waals surface area contributed by atoms with Crippen LogP contribution in [0.25, 0.3) is 0 Å². The first-order chi connectivity index (χ1) is 9.08. The van der Waals surface area contributed by atoms with Gasteiger partial charge in [0.25, 0.3) is 5.91 Å². The summed E-state index contributed by atoms with van der Waals surface area (Å²) in [5.74, 6) is 0.112. The van der Waals surface area contributed by atoms with Crippen LogP contribution in [-0.4, -0.2) is 27.7 Å². The Morgan fingerprint density at radius 3 is 2.58 bits per heavy atom. The lowest BCUT2D eigenvalue weighted by molar-refractivity contribution is 0.0603. The van der Waals surface area contributed by atoms with Crippen molar-refractivity contribution >= 4 is 33.4 Å². The predicted octanol–water partition coefficient (Wildman–Crippen LogP) is 4.18. The number of nitrogens with zero attached hydrogens (tertiary/aromatic N) is 1. The monoisotopic (exact) mass is 341 g/mol. The summed E-state index contributed by atoms with van der Waals surface area (Å²) in [6.45, 7) is 1.94. The Balaban J connectivity index is 1.91. The molecule has 2 heterocycles. The Morgan fingerprint density at radius 1 is 1.32 bits per heavy atom. The van der Waals surface area contributed by atoms with Gasteiger partial charge in [-0.1, -0.05) is 39.7 Å². The topological polar surface area (TPSA) is 20.3 Å². The summed E-state index contributed by atoms with van der Waals surface area (Å²) < 4.78 is 0. The fraction of sp³-hybridized carbons (Fsp3) is 0.533. The number of halogens is 2. The number of fused-ring (bicyclic) bond motifs is 2. The van der Waals surface area contributed by atoms with E-state index in [4.69, 9.17) is 11.6 Å². The van der Waals surface area contributed by atoms with Crippen molar-refractivity contribution in [2.24, 2.45) is 0 Å². The molecule has 0 spiro atoms. The summed E-state index contributed by atoms with van der Waals surface area (Å²) in [5, 5.41) is 0.605. The van der Waals surface area contributed by atoms with Gasteiger partial charge in [0.1, 0.15) is 0 Å². The van der Waals surface area contributed by atoms with Crippen LogP contribution >= 0.6 is 27.5 Å². The van der Waals surface area contributed by atoms with E-state index in [0.717, 1.165) is 31.2 Å². The van der Waals surface area contributed by atoms with Crippen molar-refractivity contribution in [3.8, 4) is 0 Å². The second-order valence-corrected chi connectivity index (χ2v) is 7.28. The van der Waals surface area contributed by atoms with Gasteiger partial charge < -0.3 is 4.90 Å². The first-order valence-electron chi connectivity index (χ1n) is 6.79. The van der Waals surface area contributed by atoms with Crippen LogP contribution in [-0.2, 0) is 0 Å². The second-order valence-electron chi connectivity index (χ2n) is 5.60. The molecular formula is C15H17BrClNO. The molecule has 2 atom stereocenters. The Morgan fingerprint density at radius 2 is 1.95 bits per heavy atom. The van der Waals surface area contributed by atoms with E-state index in [1.807, 2.05) is 25.1 Å². The summed E-state index contributed by atoms with van der Waals surface area (Å²) in [6.07, 6.45) is 4.38. The molecule has 0 aromatic heterocycles. The van der Waals surface area contributed by atoms with E-state index in [1.165, 1.54) is 0 Å². The lowest BCUT2D eigenvalue weighted by atomic mass is 10.0. The highest BCUT2D eigenvalue weighted by atomic mass is 79.9. The van der Waals surface area contributed by atoms with Gasteiger partial charge in [-0.2, -0.15) is 0 Å². The average molecular weight is 343 g/mol. The standard InChI is InChI=1S/C15H17BrClNO/c1-9-3-2-4-13(14(9)17)15(19)18-11-5-6-12(18)8-10(16)7-11/h2-4,10-12H,5-8H2,1H3. The molecule has 2 unspecified atom stereocenters. The van der Waals surface area contributed by atoms with Crippen molar-refractivity contribution in [1.29, 1.82) is 0 Å². The lowest BCUT2D eigenvalue weighted by Crippen LogP contribution is -2.46. The number of carbonyl (C=O) groups excluding carboxylic acids is 1. The quantitative estimate of drug-likeness (QED) is 0.701. The van der Waals surface area contributed by atoms with E-state index in [2.05, 4.69) is 20.8 Å². The van der Waals surface area contributed by atoms with Crippen LogP contribution in [0.3, 0.4) is 0 Å². The number of rotatable bonds is 1. The van der Waals surface area contributed by atoms with Gasteiger partial charge in [0.2, 0.25) is 0 Å². The van der Waals surface area contributed by atoms with Crippen LogP contribution in [0.2, 0.25) is 5.02 Å². The number of alkyl halides is 1. The first kappa shape index (κ1) is 13.4. The van der Waals surface area contributed by atoms with Gasteiger partial charge in [-0.15, -0.1) is 0 Å². The van der Waals surface area contributed by atoms with Gasteiger partial charge in [0.05, 0.1) is 10.6 Å². The van der Waals surface area contributed by atoms with Gasteiger partial charge >= 0.3 is 0 Å². The second kappa shape index (κ2) is 5.10. The first-order valence-corrected chi connectivity index (χ1v) is 8.09. The van der Waals surface area contributed by atoms with Crippen LogP contribution in [0.1, 0.15) is 41.6 Å². The third kappa shape index (κ3) is 2.31. The van der Waals surface area contributed by atoms with E-state index in [0.29, 0.717) is 27.5 Å². The van der Waals surface area contributed by atoms with Crippen LogP contribution in [0, 0.1) is 6.92 Å². The Kier molecular flexibility index (Phi) is 3.61. The molecule has 19 heavy (non-hydrogen) atoms. The minimum absolute atomic E-state index is 0.112. The van der Waals surface area contributed by atoms with Crippen LogP contribution in [0.15, 0.2) is 18.2 Å². The fourth-order valence-corrected chi connectivity index (χ4v) is 4.46. The third-order valence-corrected chi connectivity index (χ3v) is 5.58. The molecule has 0 radical (unpaired) electrons. The van der Waals surface area contributed by atoms with Crippen molar-refractivity contribution in [2.75, 3.05) is 0 Å². The summed E-state index contributed by atoms with van der Waals surface area (Å²) >= 11 is 10.00. The highest BCUT2D eigenvalue weighted by molar-refractivity contribution is 9.09. The van der Waals surface area contributed by atoms with E-state index in [1.54, 1.807) is 0 Å². The van der Waals surface area contributed by atoms with E-state index in [9.17, 15) is 4.79 Å². The number of benzene rings is 1. The van der Waals surface area contributed by atoms with E-state index < -0.39 is 0 Å². The maximum atomic E-state index is 12.8. The van der Waals surface area contributed by atoms with Crippen molar-refractivity contribution in [3.63, 3.8) is 0 Å². The fourth-order valence-electron chi connectivity index (χ4n) is 3.39. The lowest BCUT2D eigenvalue weighted by Gasteiger charge is -2.37. The van der Waals surface area contributed by atoms with Crippen molar-refractivity contribution in [3.05, 3.63) is 34.3 Å². The number of hydrogen-bond donors (Lipinski definition) is 0. The van der Waals surface area contributed by atoms with E-state index >= 15 is 0 Å². The minimum Gasteiger partial charge on any atom is -0.333 e. The van der Waals surface area contributed by atoms with Crippen LogP contribution < -0.4 is 0 Å². The number of hydrogen-bond acceptors (Lipinski definition) is 1. The molecular weight excluding hydrogens is 326 g/mol. The molecule has 3 rings (SSSR count). The zero-order valence-corrected chi connectivity index (χ0v) is 13.2. The van der Waals surface area contributed by atoms with Crippen LogP contribution in [0.5, 0.6) is 0 Å². The van der Waals surface area contributed by atoms with E-state index in [-0.39, 0.29) is 5.91 Å². The number of piperidine rings is 1. The third-order valence-electron chi connectivity index (χ3n) is 4.33. The number of amides is 1. The van der Waals surface area contributed by atoms with Crippen LogP contribution in [0.4, 0.5) is 0 Å². The average Bonchev–Trinajstić information content (AvgIpc) is 2.64. The molecule has 2 bridgehead atoms. The largest absolute Gasteiger partial charge is 0.333 e. The minimum atomic E-state index is 0.112. The Labute approximate surface area is 127 Å². The molecule has 2 saturated heterocycles. The predicted molar refractivity (Wildman–Crippen MR) is 81.1 cm³/mol. The highest BCUT2D eigenvalue weighted by Gasteiger charge is 2.43. The molecule has 0 N–H and O–H groups in total. The molecule has 1 amide bonds. The molecule has 2 fully saturated rings. The van der Waals surface area contributed by atoms with Gasteiger partial charge in [0.15, 0.2) is 0 Å². The Bertz CT molecular complexity index is 505. The molecule has 102 valence electrons. The highest BCUT2D eigenvalue weighted by Crippen LogP contribution is 2.40. The summed E-state index contributed by atoms with van der Waals surface area (Å²) in [6, 6.07) is 6.46. The molecule has 0 saturated carbocycles. The van der Waals surface area contributed by atoms with Crippen molar-refractivity contribution in [2.45, 2.75) is 49.5 Å².